The number of aliphatic hydroxyl groups excluding tert-OH is 1. The van der Waals surface area contributed by atoms with Crippen LogP contribution in [0.15, 0.2) is 0 Å². The Labute approximate surface area is 62.8 Å². The van der Waals surface area contributed by atoms with Crippen LogP contribution in [-0.4, -0.2) is 35.7 Å². The summed E-state index contributed by atoms with van der Waals surface area (Å²) in [5, 5.41) is 9.10. The molecule has 0 aliphatic carbocycles. The van der Waals surface area contributed by atoms with Gasteiger partial charge in [0.1, 0.15) is 0 Å². The van der Waals surface area contributed by atoms with E-state index in [2.05, 4.69) is 11.9 Å². The highest BCUT2D eigenvalue weighted by Gasteiger charge is 2.21. The quantitative estimate of drug-likeness (QED) is 0.619. The molecule has 2 atom stereocenters. The van der Waals surface area contributed by atoms with Crippen LogP contribution in [0.4, 0.5) is 0 Å². The van der Waals surface area contributed by atoms with Crippen molar-refractivity contribution in [3.05, 3.63) is 0 Å². The average molecular weight is 143 g/mol. The predicted octanol–water partition coefficient (Wildman–Crippen LogP) is 0.851. The minimum atomic E-state index is -0.134. The highest BCUT2D eigenvalue weighted by Crippen LogP contribution is 2.18. The van der Waals surface area contributed by atoms with Gasteiger partial charge in [0, 0.05) is 6.04 Å². The first-order valence-corrected chi connectivity index (χ1v) is 4.08. The standard InChI is InChI=1S/C8H17NO/c1-7(10)6-8-4-3-5-9(8)2/h7-8,10H,3-6H2,1-2H3/t7-,8+/m0/s1. The molecule has 0 unspecified atom stereocenters. The monoisotopic (exact) mass is 143 g/mol. The maximum absolute atomic E-state index is 9.10. The zero-order valence-electron chi connectivity index (χ0n) is 6.88. The van der Waals surface area contributed by atoms with E-state index in [1.807, 2.05) is 6.92 Å². The summed E-state index contributed by atoms with van der Waals surface area (Å²) in [6.45, 7) is 3.07. The Bertz CT molecular complexity index is 103. The van der Waals surface area contributed by atoms with Gasteiger partial charge >= 0.3 is 0 Å². The van der Waals surface area contributed by atoms with Gasteiger partial charge in [-0.2, -0.15) is 0 Å². The van der Waals surface area contributed by atoms with Gasteiger partial charge in [-0.1, -0.05) is 0 Å². The fourth-order valence-corrected chi connectivity index (χ4v) is 1.67. The molecule has 60 valence electrons. The topological polar surface area (TPSA) is 23.5 Å². The highest BCUT2D eigenvalue weighted by molar-refractivity contribution is 4.77. The summed E-state index contributed by atoms with van der Waals surface area (Å²) in [6.07, 6.45) is 3.37. The Balaban J connectivity index is 2.26. The Kier molecular flexibility index (Phi) is 2.69. The third kappa shape index (κ3) is 1.96. The average Bonchev–Trinajstić information content (AvgIpc) is 2.15. The molecule has 1 aliphatic rings. The van der Waals surface area contributed by atoms with Gasteiger partial charge in [0.15, 0.2) is 0 Å². The van der Waals surface area contributed by atoms with Gasteiger partial charge in [-0.3, -0.25) is 0 Å². The van der Waals surface area contributed by atoms with E-state index in [0.717, 1.165) is 6.42 Å². The second-order valence-corrected chi connectivity index (χ2v) is 3.36. The third-order valence-electron chi connectivity index (χ3n) is 2.28. The van der Waals surface area contributed by atoms with Gasteiger partial charge in [-0.15, -0.1) is 0 Å². The van der Waals surface area contributed by atoms with E-state index in [1.54, 1.807) is 0 Å². The summed E-state index contributed by atoms with van der Waals surface area (Å²) in [6, 6.07) is 0.639. The summed E-state index contributed by atoms with van der Waals surface area (Å²) in [7, 11) is 2.14. The Morgan fingerprint density at radius 3 is 2.80 bits per heavy atom. The minimum Gasteiger partial charge on any atom is -0.393 e. The molecule has 0 amide bonds. The van der Waals surface area contributed by atoms with Crippen LogP contribution >= 0.6 is 0 Å². The van der Waals surface area contributed by atoms with Crippen molar-refractivity contribution in [3.8, 4) is 0 Å². The van der Waals surface area contributed by atoms with E-state index in [-0.39, 0.29) is 6.10 Å². The maximum atomic E-state index is 9.10. The van der Waals surface area contributed by atoms with E-state index in [4.69, 9.17) is 5.11 Å². The molecular formula is C8H17NO. The van der Waals surface area contributed by atoms with Crippen LogP contribution in [0.3, 0.4) is 0 Å². The van der Waals surface area contributed by atoms with Crippen molar-refractivity contribution in [2.75, 3.05) is 13.6 Å². The van der Waals surface area contributed by atoms with E-state index in [0.29, 0.717) is 6.04 Å². The largest absolute Gasteiger partial charge is 0.393 e. The molecule has 0 aromatic carbocycles. The minimum absolute atomic E-state index is 0.134. The second-order valence-electron chi connectivity index (χ2n) is 3.36. The van der Waals surface area contributed by atoms with Crippen LogP contribution in [0.1, 0.15) is 26.2 Å². The molecular weight excluding hydrogens is 126 g/mol. The van der Waals surface area contributed by atoms with Crippen LogP contribution in [0.5, 0.6) is 0 Å². The third-order valence-corrected chi connectivity index (χ3v) is 2.28. The molecule has 10 heavy (non-hydrogen) atoms. The van der Waals surface area contributed by atoms with Crippen molar-refractivity contribution in [2.24, 2.45) is 0 Å². The van der Waals surface area contributed by atoms with E-state index < -0.39 is 0 Å². The molecule has 0 radical (unpaired) electrons. The van der Waals surface area contributed by atoms with Crippen molar-refractivity contribution in [3.63, 3.8) is 0 Å². The van der Waals surface area contributed by atoms with E-state index in [9.17, 15) is 0 Å². The molecule has 1 N–H and O–H groups in total. The molecule has 0 spiro atoms. The molecule has 1 fully saturated rings. The number of hydrogen-bond acceptors (Lipinski definition) is 2. The first kappa shape index (κ1) is 8.02. The molecule has 1 aliphatic heterocycles. The molecule has 0 aromatic heterocycles. The zero-order chi connectivity index (χ0) is 7.56. The fourth-order valence-electron chi connectivity index (χ4n) is 1.67. The van der Waals surface area contributed by atoms with Crippen molar-refractivity contribution in [1.29, 1.82) is 0 Å². The number of likely N-dealkylation sites (tertiary alicyclic amines) is 1. The van der Waals surface area contributed by atoms with Crippen molar-refractivity contribution in [1.82, 2.24) is 4.90 Å². The molecule has 0 bridgehead atoms. The summed E-state index contributed by atoms with van der Waals surface area (Å²) in [4.78, 5) is 2.34. The van der Waals surface area contributed by atoms with Gasteiger partial charge in [0.05, 0.1) is 6.10 Å². The zero-order valence-corrected chi connectivity index (χ0v) is 6.88. The summed E-state index contributed by atoms with van der Waals surface area (Å²) in [5.74, 6) is 0. The van der Waals surface area contributed by atoms with Crippen LogP contribution in [0, 0.1) is 0 Å². The molecule has 0 aromatic rings. The molecule has 0 saturated carbocycles. The smallest absolute Gasteiger partial charge is 0.0527 e. The Morgan fingerprint density at radius 1 is 1.70 bits per heavy atom. The lowest BCUT2D eigenvalue weighted by Crippen LogP contribution is -2.27. The van der Waals surface area contributed by atoms with Gasteiger partial charge in [-0.25, -0.2) is 0 Å². The first-order valence-electron chi connectivity index (χ1n) is 4.08. The maximum Gasteiger partial charge on any atom is 0.0527 e. The number of nitrogens with zero attached hydrogens (tertiary/aromatic N) is 1. The van der Waals surface area contributed by atoms with Crippen molar-refractivity contribution in [2.45, 2.75) is 38.3 Å². The van der Waals surface area contributed by atoms with Crippen molar-refractivity contribution < 1.29 is 5.11 Å². The van der Waals surface area contributed by atoms with Gasteiger partial charge in [0.2, 0.25) is 0 Å². The molecule has 1 heterocycles. The molecule has 2 nitrogen and oxygen atoms in total. The van der Waals surface area contributed by atoms with Gasteiger partial charge < -0.3 is 10.0 Å². The normalized spacial score (nSPS) is 30.9. The van der Waals surface area contributed by atoms with E-state index >= 15 is 0 Å². The summed E-state index contributed by atoms with van der Waals surface area (Å²) < 4.78 is 0. The second kappa shape index (κ2) is 3.35. The lowest BCUT2D eigenvalue weighted by atomic mass is 10.1. The predicted molar refractivity (Wildman–Crippen MR) is 41.9 cm³/mol. The first-order chi connectivity index (χ1) is 4.70. The lowest BCUT2D eigenvalue weighted by Gasteiger charge is -2.20. The highest BCUT2D eigenvalue weighted by atomic mass is 16.3. The van der Waals surface area contributed by atoms with Crippen molar-refractivity contribution >= 4 is 0 Å². The van der Waals surface area contributed by atoms with Gasteiger partial charge in [-0.05, 0) is 39.8 Å². The molecule has 1 saturated heterocycles. The fraction of sp³-hybridized carbons (Fsp3) is 1.00. The summed E-state index contributed by atoms with van der Waals surface area (Å²) in [5.41, 5.74) is 0. The number of aliphatic hydroxyl groups is 1. The van der Waals surface area contributed by atoms with Crippen LogP contribution < -0.4 is 0 Å². The summed E-state index contributed by atoms with van der Waals surface area (Å²) >= 11 is 0. The molecule has 2 heteroatoms. The lowest BCUT2D eigenvalue weighted by molar-refractivity contribution is 0.144. The van der Waals surface area contributed by atoms with Crippen LogP contribution in [-0.2, 0) is 0 Å². The van der Waals surface area contributed by atoms with E-state index in [1.165, 1.54) is 19.4 Å². The number of hydrogen-bond donors (Lipinski definition) is 1. The molecule has 1 rings (SSSR count). The van der Waals surface area contributed by atoms with Crippen LogP contribution in [0.25, 0.3) is 0 Å². The SMILES string of the molecule is C[C@H](O)C[C@H]1CCCN1C. The Morgan fingerprint density at radius 2 is 2.40 bits per heavy atom. The van der Waals surface area contributed by atoms with Gasteiger partial charge in [0.25, 0.3) is 0 Å². The van der Waals surface area contributed by atoms with Crippen LogP contribution in [0.2, 0.25) is 0 Å². The Hall–Kier alpha value is -0.0800. The number of rotatable bonds is 2.